The Kier molecular flexibility index (Phi) is 21.6. The van der Waals surface area contributed by atoms with Gasteiger partial charge in [-0.3, -0.25) is 14.4 Å². The number of carboxylic acids is 1. The largest absolute Gasteiger partial charge is 0.510 e. The molecule has 32 heteroatoms. The number of fused-ring (bicyclic) bond motifs is 1. The number of aliphatic hydroxyl groups excluding tert-OH is 9. The van der Waals surface area contributed by atoms with Crippen LogP contribution in [0, 0.1) is 0 Å². The van der Waals surface area contributed by atoms with E-state index in [2.05, 4.69) is 0 Å². The minimum atomic E-state index is -2.12. The fraction of sp³-hybridized carbons (Fsp3) is 0.397. The van der Waals surface area contributed by atoms with E-state index in [0.717, 1.165) is 42.5 Å². The van der Waals surface area contributed by atoms with Crippen LogP contribution in [-0.4, -0.2) is 235 Å². The summed E-state index contributed by atoms with van der Waals surface area (Å²) in [5.74, 6) is -7.91. The minimum absolute atomic E-state index is 0.0271. The van der Waals surface area contributed by atoms with E-state index in [1.165, 1.54) is 70.9 Å². The molecule has 0 aromatic heterocycles. The van der Waals surface area contributed by atoms with Gasteiger partial charge in [-0.1, -0.05) is 0 Å². The Morgan fingerprint density at radius 1 is 0.522 bits per heavy atom. The van der Waals surface area contributed by atoms with Crippen molar-refractivity contribution in [3.8, 4) is 80.1 Å². The van der Waals surface area contributed by atoms with E-state index in [0.29, 0.717) is 11.1 Å². The van der Waals surface area contributed by atoms with Crippen molar-refractivity contribution in [1.82, 2.24) is 0 Å². The number of phenols is 3. The first-order valence-electron chi connectivity index (χ1n) is 26.9. The number of ether oxygens (including phenoxy) is 13. The Balaban J connectivity index is 1.06. The number of benzene rings is 4. The molecule has 0 amide bonds. The lowest BCUT2D eigenvalue weighted by Crippen LogP contribution is -2.60. The Bertz CT molecular complexity index is 3420. The fourth-order valence-corrected chi connectivity index (χ4v) is 9.24. The van der Waals surface area contributed by atoms with E-state index >= 15 is 0 Å². The van der Waals surface area contributed by atoms with Gasteiger partial charge in [0.25, 0.3) is 0 Å². The smallest absolute Gasteiger partial charge is 0.504 e. The van der Waals surface area contributed by atoms with Gasteiger partial charge in [0.15, 0.2) is 57.5 Å². The summed E-state index contributed by atoms with van der Waals surface area (Å²) in [5, 5.41) is 139. The van der Waals surface area contributed by atoms with Gasteiger partial charge in [-0.2, -0.15) is 0 Å². The maximum Gasteiger partial charge on any atom is 0.510 e. The van der Waals surface area contributed by atoms with Crippen molar-refractivity contribution in [3.63, 3.8) is 0 Å². The molecule has 4 heterocycles. The average molecular weight is 1270 g/mol. The molecule has 3 fully saturated rings. The van der Waals surface area contributed by atoms with Crippen LogP contribution in [0.4, 0.5) is 0 Å². The predicted octanol–water partition coefficient (Wildman–Crippen LogP) is -1.37. The number of esters is 3. The molecular weight excluding hydrogens is 1210 g/mol. The van der Waals surface area contributed by atoms with Crippen molar-refractivity contribution in [2.24, 2.45) is 0 Å². The summed E-state index contributed by atoms with van der Waals surface area (Å²) in [5.41, 5.74) is -0.696. The van der Waals surface area contributed by atoms with Crippen LogP contribution in [0.3, 0.4) is 0 Å². The van der Waals surface area contributed by atoms with Crippen LogP contribution in [0.5, 0.6) is 57.5 Å². The number of carbonyl (C=O) groups excluding carboxylic acids is 3. The Morgan fingerprint density at radius 2 is 0.978 bits per heavy atom. The van der Waals surface area contributed by atoms with Gasteiger partial charge in [-0.25, -0.2) is 4.79 Å². The number of carboxylic acid groups (broad SMARTS) is 1. The van der Waals surface area contributed by atoms with Crippen molar-refractivity contribution in [1.29, 1.82) is 0 Å². The van der Waals surface area contributed by atoms with Crippen molar-refractivity contribution < 1.29 is 152 Å². The highest BCUT2D eigenvalue weighted by molar-refractivity contribution is 5.90. The number of rotatable bonds is 23. The van der Waals surface area contributed by atoms with Crippen molar-refractivity contribution in [2.75, 3.05) is 48.3 Å². The quantitative estimate of drug-likeness (QED) is 0.0118. The standard InChI is InChI=1S/C58H62O32/c1-77-32-11-23(12-33(78-2)44(32)66)5-9-41(63)81-20-37-46(68)49(71)52(74)56(88-37)84-26-16-29(60)27-18-36(87-58-54(76)51(73)48(70)39(90-58)22-83-43(65)19-40(61)62)55(85-30(27)17-26)25-7-8-28(59)31(15-25)86-57-53(75)50(72)47(69)38(89-57)21-82-42(64)10-6-24-13-34(79-3)45(67)35(14-24)80-4/h5-18,37-39,46-54,56-59,66-76H,19-22H2,1-4H3,(H,61,62)/p+1/t37-,38+,39+,46-,47-,48-,49-,50+,51-,52-,53-,54+,56+,57+,58+/m0/s1. The monoisotopic (exact) mass is 1270 g/mol. The van der Waals surface area contributed by atoms with Gasteiger partial charge in [-0.15, -0.1) is 0 Å². The minimum Gasteiger partial charge on any atom is -0.504 e. The molecule has 0 bridgehead atoms. The molecule has 15 atom stereocenters. The molecule has 0 unspecified atom stereocenters. The third kappa shape index (κ3) is 15.3. The first kappa shape index (κ1) is 66.9. The summed E-state index contributed by atoms with van der Waals surface area (Å²) in [6.45, 7) is -2.29. The molecule has 0 saturated carbocycles. The molecule has 14 N–H and O–H groups in total. The number of hydrogen-bond acceptors (Lipinski definition) is 30. The van der Waals surface area contributed by atoms with E-state index in [9.17, 15) is 85.3 Å². The maximum atomic E-state index is 14.0. The van der Waals surface area contributed by atoms with Crippen molar-refractivity contribution in [3.05, 3.63) is 94.2 Å². The van der Waals surface area contributed by atoms with E-state index in [1.54, 1.807) is 0 Å². The summed E-state index contributed by atoms with van der Waals surface area (Å²) < 4.78 is 77.2. The zero-order valence-corrected chi connectivity index (χ0v) is 47.7. The maximum absolute atomic E-state index is 14.0. The van der Waals surface area contributed by atoms with Gasteiger partial charge in [-0.05, 0) is 71.8 Å². The third-order valence-electron chi connectivity index (χ3n) is 14.1. The number of aliphatic carboxylic acids is 1. The van der Waals surface area contributed by atoms with Gasteiger partial charge in [0.05, 0.1) is 40.1 Å². The van der Waals surface area contributed by atoms with Gasteiger partial charge in [0, 0.05) is 23.8 Å². The highest BCUT2D eigenvalue weighted by atomic mass is 16.7. The van der Waals surface area contributed by atoms with Crippen LogP contribution in [-0.2, 0) is 42.8 Å². The van der Waals surface area contributed by atoms with Gasteiger partial charge < -0.3 is 137 Å². The van der Waals surface area contributed by atoms with E-state index in [-0.39, 0.29) is 51.4 Å². The summed E-state index contributed by atoms with van der Waals surface area (Å²) in [7, 11) is 5.21. The molecule has 5 aliphatic rings. The molecular formula is C58H63O32+. The first-order valence-corrected chi connectivity index (χ1v) is 26.9. The summed E-state index contributed by atoms with van der Waals surface area (Å²) in [6.07, 6.45) is -25.1. The van der Waals surface area contributed by atoms with E-state index in [1.807, 2.05) is 0 Å². The number of methoxy groups -OCH3 is 4. The van der Waals surface area contributed by atoms with Crippen LogP contribution in [0.25, 0.3) is 34.8 Å². The molecule has 90 heavy (non-hydrogen) atoms. The Labute approximate surface area is 507 Å². The average Bonchev–Trinajstić information content (AvgIpc) is 0.840. The fourth-order valence-electron chi connectivity index (χ4n) is 9.24. The molecule has 486 valence electrons. The van der Waals surface area contributed by atoms with Crippen LogP contribution in [0.1, 0.15) is 17.5 Å². The number of aliphatic hydroxyl groups is 9. The lowest BCUT2D eigenvalue weighted by molar-refractivity contribution is -0.278. The molecule has 1 aliphatic carbocycles. The predicted molar refractivity (Wildman–Crippen MR) is 298 cm³/mol. The molecule has 32 nitrogen and oxygen atoms in total. The van der Waals surface area contributed by atoms with Crippen molar-refractivity contribution in [2.45, 2.75) is 98.5 Å². The molecule has 8 rings (SSSR count). The van der Waals surface area contributed by atoms with Gasteiger partial charge in [0.2, 0.25) is 37.0 Å². The van der Waals surface area contributed by atoms with Crippen molar-refractivity contribution >= 4 is 36.0 Å². The normalized spacial score (nSPS) is 26.7. The van der Waals surface area contributed by atoms with E-state index in [4.69, 9.17) is 71.1 Å². The molecule has 0 radical (unpaired) electrons. The number of carbonyl (C=O) groups is 3. The molecule has 3 saturated heterocycles. The molecule has 4 aliphatic heterocycles. The van der Waals surface area contributed by atoms with Gasteiger partial charge in [0.1, 0.15) is 98.3 Å². The first-order chi connectivity index (χ1) is 42.8. The second-order valence-corrected chi connectivity index (χ2v) is 20.1. The van der Waals surface area contributed by atoms with E-state index < -0.39 is 176 Å². The topological polar surface area (TPSA) is 486 Å². The Hall–Kier alpha value is -9.03. The second-order valence-electron chi connectivity index (χ2n) is 20.1. The number of hydrogen-bond donors (Lipinski definition) is 13. The number of phenolic OH excluding ortho intramolecular Hbond substituents is 3. The summed E-state index contributed by atoms with van der Waals surface area (Å²) in [6, 6.07) is 11.9. The van der Waals surface area contributed by atoms with Crippen LogP contribution < -0.4 is 38.6 Å². The van der Waals surface area contributed by atoms with Gasteiger partial charge >= 0.3 is 23.9 Å². The highest BCUT2D eigenvalue weighted by Gasteiger charge is 2.49. The lowest BCUT2D eigenvalue weighted by Gasteiger charge is -2.40. The van der Waals surface area contributed by atoms with Crippen LogP contribution >= 0.6 is 0 Å². The summed E-state index contributed by atoms with van der Waals surface area (Å²) >= 11 is 0. The van der Waals surface area contributed by atoms with Crippen LogP contribution in [0.2, 0.25) is 0 Å². The summed E-state index contributed by atoms with van der Waals surface area (Å²) in [4.78, 5) is 60.6. The van der Waals surface area contributed by atoms with Crippen LogP contribution in [0.15, 0.2) is 82.0 Å². The molecule has 3 aromatic rings. The zero-order valence-electron chi connectivity index (χ0n) is 47.7. The third-order valence-corrected chi connectivity index (χ3v) is 14.1. The highest BCUT2D eigenvalue weighted by Crippen LogP contribution is 2.44. The SMILES string of the molecule is COc1cc(C=CC(=O)OC[C@H]2O[C@@H](Oc3cc(-c4oc5cc(O[C@@H]6O[C@@H](COC(=[OH+])C=Cc7cc(OC)c(O)c(OC)c7)[C@H](O)[C@H](O)[C@@H]6O)cc(=O)c-5cc4O[C@@H]4O[C@H](COC(=O)CC(=O)O)[C@H](O)[C@H](O)[C@H]4O)ccc3O)[C@@H](O)[C@H](O)[C@H]2O)cc(OC)c1O. The zero-order chi connectivity index (χ0) is 65.4. The number of aromatic hydroxyl groups is 3. The molecule has 3 aromatic carbocycles. The second kappa shape index (κ2) is 29.1. The molecule has 0 spiro atoms. The lowest BCUT2D eigenvalue weighted by atomic mass is 9.99. The Morgan fingerprint density at radius 3 is 1.47 bits per heavy atom.